The van der Waals surface area contributed by atoms with Crippen LogP contribution >= 0.6 is 15.9 Å². The van der Waals surface area contributed by atoms with E-state index >= 15 is 0 Å². The first-order valence-electron chi connectivity index (χ1n) is 5.81. The van der Waals surface area contributed by atoms with Gasteiger partial charge in [-0.05, 0) is 34.3 Å². The lowest BCUT2D eigenvalue weighted by atomic mass is 10.1. The average Bonchev–Trinajstić information content (AvgIpc) is 2.38. The summed E-state index contributed by atoms with van der Waals surface area (Å²) in [5.41, 5.74) is 7.09. The number of nitrogens with one attached hydrogen (secondary N) is 1. The zero-order valence-electron chi connectivity index (χ0n) is 9.94. The Labute approximate surface area is 115 Å². The summed E-state index contributed by atoms with van der Waals surface area (Å²) in [5.74, 6) is 1.07. The van der Waals surface area contributed by atoms with Crippen LogP contribution in [0.3, 0.4) is 0 Å². The fourth-order valence-corrected chi connectivity index (χ4v) is 1.95. The molecular formula is C13H15BrN4. The van der Waals surface area contributed by atoms with Crippen molar-refractivity contribution in [1.82, 2.24) is 9.97 Å². The highest BCUT2D eigenvalue weighted by molar-refractivity contribution is 9.10. The number of benzene rings is 1. The molecular weight excluding hydrogens is 292 g/mol. The van der Waals surface area contributed by atoms with Gasteiger partial charge in [-0.25, -0.2) is 9.97 Å². The summed E-state index contributed by atoms with van der Waals surface area (Å²) in [6.07, 6.45) is 3.70. The Bertz CT molecular complexity index is 502. The van der Waals surface area contributed by atoms with Gasteiger partial charge in [-0.2, -0.15) is 0 Å². The van der Waals surface area contributed by atoms with Crippen LogP contribution in [0.25, 0.3) is 0 Å². The first-order chi connectivity index (χ1) is 8.75. The smallest absolute Gasteiger partial charge is 0.169 e. The van der Waals surface area contributed by atoms with Gasteiger partial charge in [0.1, 0.15) is 4.60 Å². The Balaban J connectivity index is 1.79. The quantitative estimate of drug-likeness (QED) is 0.834. The molecule has 1 aromatic heterocycles. The molecule has 18 heavy (non-hydrogen) atoms. The minimum Gasteiger partial charge on any atom is -0.381 e. The Morgan fingerprint density at radius 2 is 2.00 bits per heavy atom. The van der Waals surface area contributed by atoms with Crippen molar-refractivity contribution in [3.63, 3.8) is 0 Å². The second-order valence-corrected chi connectivity index (χ2v) is 4.75. The third kappa shape index (κ3) is 3.70. The molecule has 0 saturated heterocycles. The van der Waals surface area contributed by atoms with Gasteiger partial charge < -0.3 is 11.1 Å². The summed E-state index contributed by atoms with van der Waals surface area (Å²) in [7, 11) is 0. The highest BCUT2D eigenvalue weighted by Crippen LogP contribution is 2.15. The van der Waals surface area contributed by atoms with E-state index in [0.29, 0.717) is 16.2 Å². The zero-order valence-corrected chi connectivity index (χ0v) is 11.5. The molecule has 3 N–H and O–H groups in total. The van der Waals surface area contributed by atoms with E-state index in [1.165, 1.54) is 5.56 Å². The highest BCUT2D eigenvalue weighted by Gasteiger charge is 2.01. The van der Waals surface area contributed by atoms with Crippen LogP contribution in [-0.4, -0.2) is 16.5 Å². The fraction of sp³-hybridized carbons (Fsp3) is 0.231. The molecule has 0 unspecified atom stereocenters. The van der Waals surface area contributed by atoms with Gasteiger partial charge in [0.05, 0.1) is 6.20 Å². The first kappa shape index (κ1) is 12.8. The number of halogens is 1. The summed E-state index contributed by atoms with van der Waals surface area (Å²) < 4.78 is 0.648. The van der Waals surface area contributed by atoms with Gasteiger partial charge in [0.15, 0.2) is 11.6 Å². The topological polar surface area (TPSA) is 63.8 Å². The molecule has 4 nitrogen and oxygen atoms in total. The second kappa shape index (κ2) is 6.35. The second-order valence-electron chi connectivity index (χ2n) is 3.94. The normalized spacial score (nSPS) is 10.3. The van der Waals surface area contributed by atoms with Gasteiger partial charge in [0.2, 0.25) is 0 Å². The number of nitrogens with zero attached hydrogens (tertiary/aromatic N) is 2. The largest absolute Gasteiger partial charge is 0.381 e. The molecule has 5 heteroatoms. The van der Waals surface area contributed by atoms with E-state index in [2.05, 4.69) is 55.5 Å². The van der Waals surface area contributed by atoms with Crippen LogP contribution < -0.4 is 11.1 Å². The average molecular weight is 307 g/mol. The predicted molar refractivity (Wildman–Crippen MR) is 77.4 cm³/mol. The molecule has 2 aromatic rings. The molecule has 0 aliphatic heterocycles. The maximum Gasteiger partial charge on any atom is 0.169 e. The highest BCUT2D eigenvalue weighted by atomic mass is 79.9. The number of aromatic nitrogens is 2. The molecule has 0 bridgehead atoms. The van der Waals surface area contributed by atoms with Crippen molar-refractivity contribution in [2.45, 2.75) is 12.8 Å². The number of anilines is 2. The van der Waals surface area contributed by atoms with Crippen LogP contribution in [0.2, 0.25) is 0 Å². The molecule has 94 valence electrons. The summed E-state index contributed by atoms with van der Waals surface area (Å²) >= 11 is 3.23. The fourth-order valence-electron chi connectivity index (χ4n) is 1.66. The third-order valence-corrected chi connectivity index (χ3v) is 2.93. The van der Waals surface area contributed by atoms with E-state index in [-0.39, 0.29) is 0 Å². The van der Waals surface area contributed by atoms with Gasteiger partial charge in [-0.3, -0.25) is 0 Å². The molecule has 0 aliphatic rings. The molecule has 1 heterocycles. The molecule has 0 spiro atoms. The third-order valence-electron chi connectivity index (χ3n) is 2.55. The van der Waals surface area contributed by atoms with Crippen molar-refractivity contribution in [1.29, 1.82) is 0 Å². The van der Waals surface area contributed by atoms with Crippen LogP contribution in [0.15, 0.2) is 41.1 Å². The summed E-state index contributed by atoms with van der Waals surface area (Å²) in [6.45, 7) is 0.829. The van der Waals surface area contributed by atoms with Gasteiger partial charge in [0.25, 0.3) is 0 Å². The minimum atomic E-state index is 0.420. The molecule has 0 radical (unpaired) electrons. The van der Waals surface area contributed by atoms with Crippen molar-refractivity contribution in [2.24, 2.45) is 0 Å². The van der Waals surface area contributed by atoms with Gasteiger partial charge in [-0.15, -0.1) is 0 Å². The van der Waals surface area contributed by atoms with E-state index in [1.807, 2.05) is 6.07 Å². The van der Waals surface area contributed by atoms with Crippen molar-refractivity contribution in [2.75, 3.05) is 17.6 Å². The van der Waals surface area contributed by atoms with Crippen molar-refractivity contribution >= 4 is 27.6 Å². The standard InChI is InChI=1S/C13H15BrN4/c14-11-9-17-13(12(15)18-11)16-8-4-7-10-5-2-1-3-6-10/h1-3,5-6,9H,4,7-8H2,(H2,15,18)(H,16,17). The van der Waals surface area contributed by atoms with Gasteiger partial charge >= 0.3 is 0 Å². The number of hydrogen-bond donors (Lipinski definition) is 2. The van der Waals surface area contributed by atoms with E-state index in [0.717, 1.165) is 19.4 Å². The SMILES string of the molecule is Nc1nc(Br)cnc1NCCCc1ccccc1. The Kier molecular flexibility index (Phi) is 4.52. The lowest BCUT2D eigenvalue weighted by Crippen LogP contribution is -2.08. The van der Waals surface area contributed by atoms with E-state index in [4.69, 9.17) is 5.73 Å². The molecule has 0 fully saturated rings. The van der Waals surface area contributed by atoms with Crippen molar-refractivity contribution in [3.8, 4) is 0 Å². The maximum atomic E-state index is 5.75. The number of nitrogens with two attached hydrogens (primary N) is 1. The number of rotatable bonds is 5. The van der Waals surface area contributed by atoms with E-state index < -0.39 is 0 Å². The van der Waals surface area contributed by atoms with Crippen molar-refractivity contribution in [3.05, 3.63) is 46.7 Å². The lowest BCUT2D eigenvalue weighted by Gasteiger charge is -2.07. The molecule has 1 aromatic carbocycles. The predicted octanol–water partition coefficient (Wildman–Crippen LogP) is 2.87. The molecule has 0 atom stereocenters. The first-order valence-corrected chi connectivity index (χ1v) is 6.61. The van der Waals surface area contributed by atoms with Gasteiger partial charge in [-0.1, -0.05) is 30.3 Å². The molecule has 0 amide bonds. The Morgan fingerprint density at radius 1 is 1.22 bits per heavy atom. The zero-order chi connectivity index (χ0) is 12.8. The maximum absolute atomic E-state index is 5.75. The van der Waals surface area contributed by atoms with Crippen molar-refractivity contribution < 1.29 is 0 Å². The minimum absolute atomic E-state index is 0.420. The van der Waals surface area contributed by atoms with Crippen LogP contribution in [0.1, 0.15) is 12.0 Å². The summed E-state index contributed by atoms with van der Waals surface area (Å²) in [4.78, 5) is 8.26. The van der Waals surface area contributed by atoms with Crippen LogP contribution in [0, 0.1) is 0 Å². The van der Waals surface area contributed by atoms with Crippen LogP contribution in [0.4, 0.5) is 11.6 Å². The number of aryl methyl sites for hydroxylation is 1. The Hall–Kier alpha value is -1.62. The van der Waals surface area contributed by atoms with E-state index in [9.17, 15) is 0 Å². The monoisotopic (exact) mass is 306 g/mol. The lowest BCUT2D eigenvalue weighted by molar-refractivity contribution is 0.858. The van der Waals surface area contributed by atoms with Crippen LogP contribution in [-0.2, 0) is 6.42 Å². The summed E-state index contributed by atoms with van der Waals surface area (Å²) in [6, 6.07) is 10.4. The summed E-state index contributed by atoms with van der Waals surface area (Å²) in [5, 5.41) is 3.19. The molecule has 0 aliphatic carbocycles. The molecule has 0 saturated carbocycles. The Morgan fingerprint density at radius 3 is 2.72 bits per heavy atom. The van der Waals surface area contributed by atoms with E-state index in [1.54, 1.807) is 6.20 Å². The number of hydrogen-bond acceptors (Lipinski definition) is 4. The molecule has 2 rings (SSSR count). The van der Waals surface area contributed by atoms with Crippen LogP contribution in [0.5, 0.6) is 0 Å². The van der Waals surface area contributed by atoms with Gasteiger partial charge in [0, 0.05) is 6.54 Å². The number of nitrogen functional groups attached to an aromatic ring is 1.